The van der Waals surface area contributed by atoms with Crippen molar-refractivity contribution in [2.24, 2.45) is 0 Å². The van der Waals surface area contributed by atoms with E-state index in [4.69, 9.17) is 4.74 Å². The molecule has 0 radical (unpaired) electrons. The summed E-state index contributed by atoms with van der Waals surface area (Å²) in [6, 6.07) is 7.27. The summed E-state index contributed by atoms with van der Waals surface area (Å²) >= 11 is 0. The monoisotopic (exact) mass is 364 g/mol. The molecule has 8 nitrogen and oxygen atoms in total. The Balaban J connectivity index is 1.65. The number of nitrogens with zero attached hydrogens (tertiary/aromatic N) is 4. The predicted molar refractivity (Wildman–Crippen MR) is 101 cm³/mol. The van der Waals surface area contributed by atoms with Gasteiger partial charge in [0.1, 0.15) is 5.82 Å². The van der Waals surface area contributed by atoms with Crippen LogP contribution < -0.4 is 15.0 Å². The van der Waals surface area contributed by atoms with Crippen molar-refractivity contribution in [3.63, 3.8) is 0 Å². The maximum Gasteiger partial charge on any atom is 0.261 e. The number of methoxy groups -OCH3 is 1. The summed E-state index contributed by atoms with van der Waals surface area (Å²) in [4.78, 5) is 23.6. The number of aromatic nitrogens is 4. The quantitative estimate of drug-likeness (QED) is 0.723. The molecule has 1 amide bonds. The molecule has 4 rings (SSSR count). The minimum absolute atomic E-state index is 0.0932. The Kier molecular flexibility index (Phi) is 4.02. The molecule has 8 heteroatoms. The minimum Gasteiger partial charge on any atom is -0.481 e. The van der Waals surface area contributed by atoms with Crippen molar-refractivity contribution >= 4 is 17.4 Å². The van der Waals surface area contributed by atoms with Crippen LogP contribution in [-0.2, 0) is 12.1 Å². The lowest BCUT2D eigenvalue weighted by Gasteiger charge is -2.31. The number of hydrogen-bond acceptors (Lipinski definition) is 6. The van der Waals surface area contributed by atoms with E-state index in [1.54, 1.807) is 42.7 Å². The number of nitrogens with one attached hydrogen (secondary N) is 2. The lowest BCUT2D eigenvalue weighted by atomic mass is 9.99. The maximum atomic E-state index is 13.1. The van der Waals surface area contributed by atoms with Gasteiger partial charge in [0.15, 0.2) is 0 Å². The molecule has 0 spiro atoms. The van der Waals surface area contributed by atoms with Gasteiger partial charge in [-0.25, -0.2) is 4.98 Å². The number of hydrogen-bond donors (Lipinski definition) is 2. The number of aromatic amines is 1. The molecule has 1 aliphatic rings. The lowest BCUT2D eigenvalue weighted by molar-refractivity contribution is 0.0982. The Hall–Kier alpha value is -3.42. The SMILES string of the molecule is COc1ccc2c(n1)C(C)(C)N(c1cncc(CNc3cc[nH]n3)c1)C2=O. The van der Waals surface area contributed by atoms with Gasteiger partial charge in [-0.15, -0.1) is 0 Å². The highest BCUT2D eigenvalue weighted by molar-refractivity contribution is 6.11. The number of H-pyrrole nitrogens is 1. The molecule has 27 heavy (non-hydrogen) atoms. The van der Waals surface area contributed by atoms with Crippen LogP contribution in [0.25, 0.3) is 0 Å². The third kappa shape index (κ3) is 2.88. The Bertz CT molecular complexity index is 984. The second kappa shape index (κ2) is 6.39. The second-order valence-corrected chi connectivity index (χ2v) is 6.81. The summed E-state index contributed by atoms with van der Waals surface area (Å²) in [6.45, 7) is 4.49. The van der Waals surface area contributed by atoms with Crippen molar-refractivity contribution in [1.82, 2.24) is 20.2 Å². The van der Waals surface area contributed by atoms with Crippen LogP contribution >= 0.6 is 0 Å². The predicted octanol–water partition coefficient (Wildman–Crippen LogP) is 2.72. The van der Waals surface area contributed by atoms with Gasteiger partial charge in [-0.05, 0) is 37.6 Å². The highest BCUT2D eigenvalue weighted by Crippen LogP contribution is 2.41. The number of carbonyl (C=O) groups is 1. The Morgan fingerprint density at radius 2 is 2.11 bits per heavy atom. The summed E-state index contributed by atoms with van der Waals surface area (Å²) in [5.74, 6) is 1.15. The number of amides is 1. The summed E-state index contributed by atoms with van der Waals surface area (Å²) < 4.78 is 5.23. The minimum atomic E-state index is -0.614. The van der Waals surface area contributed by atoms with E-state index in [9.17, 15) is 4.79 Å². The topological polar surface area (TPSA) is 96.0 Å². The Morgan fingerprint density at radius 3 is 2.85 bits per heavy atom. The first-order valence-corrected chi connectivity index (χ1v) is 8.58. The number of ether oxygens (including phenoxy) is 1. The van der Waals surface area contributed by atoms with Crippen LogP contribution in [0.15, 0.2) is 42.9 Å². The zero-order valence-electron chi connectivity index (χ0n) is 15.4. The zero-order valence-corrected chi connectivity index (χ0v) is 15.4. The van der Waals surface area contributed by atoms with Gasteiger partial charge >= 0.3 is 0 Å². The normalized spacial score (nSPS) is 14.9. The number of rotatable bonds is 5. The largest absolute Gasteiger partial charge is 0.481 e. The molecule has 0 aliphatic carbocycles. The molecular weight excluding hydrogens is 344 g/mol. The van der Waals surface area contributed by atoms with Crippen LogP contribution in [-0.4, -0.2) is 33.2 Å². The van der Waals surface area contributed by atoms with E-state index in [0.717, 1.165) is 17.1 Å². The number of anilines is 2. The van der Waals surface area contributed by atoms with Gasteiger partial charge in [-0.2, -0.15) is 5.10 Å². The van der Waals surface area contributed by atoms with Crippen molar-refractivity contribution in [2.75, 3.05) is 17.3 Å². The average Bonchev–Trinajstić information content (AvgIpc) is 3.25. The van der Waals surface area contributed by atoms with Crippen LogP contribution in [0.2, 0.25) is 0 Å². The summed E-state index contributed by atoms with van der Waals surface area (Å²) in [6.07, 6.45) is 5.22. The number of carbonyl (C=O) groups excluding carboxylic acids is 1. The van der Waals surface area contributed by atoms with E-state index in [2.05, 4.69) is 25.5 Å². The molecule has 0 unspecified atom stereocenters. The van der Waals surface area contributed by atoms with E-state index in [1.165, 1.54) is 0 Å². The summed E-state index contributed by atoms with van der Waals surface area (Å²) in [5, 5.41) is 10.0. The molecule has 0 aromatic carbocycles. The van der Waals surface area contributed by atoms with Gasteiger partial charge in [0, 0.05) is 25.0 Å². The molecule has 138 valence electrons. The smallest absolute Gasteiger partial charge is 0.261 e. The molecule has 4 heterocycles. The molecule has 3 aromatic heterocycles. The number of pyridine rings is 2. The van der Waals surface area contributed by atoms with Gasteiger partial charge in [0.25, 0.3) is 5.91 Å². The van der Waals surface area contributed by atoms with E-state index in [1.807, 2.05) is 26.0 Å². The van der Waals surface area contributed by atoms with Gasteiger partial charge < -0.3 is 10.1 Å². The molecule has 0 fully saturated rings. The fraction of sp³-hybridized carbons (Fsp3) is 0.263. The standard InChI is InChI=1S/C19H20N6O2/c1-19(2)17-14(4-5-16(23-17)27-3)18(26)25(19)13-8-12(9-20-11-13)10-21-15-6-7-22-24-15/h4-9,11H,10H2,1-3H3,(H2,21,22,24). The summed E-state index contributed by atoms with van der Waals surface area (Å²) in [5.41, 5.74) is 2.34. The molecule has 0 atom stereocenters. The molecule has 0 bridgehead atoms. The zero-order chi connectivity index (χ0) is 19.0. The van der Waals surface area contributed by atoms with Gasteiger partial charge in [-0.1, -0.05) is 0 Å². The van der Waals surface area contributed by atoms with E-state index in [-0.39, 0.29) is 5.91 Å². The third-order valence-electron chi connectivity index (χ3n) is 4.66. The van der Waals surface area contributed by atoms with E-state index in [0.29, 0.717) is 23.7 Å². The van der Waals surface area contributed by atoms with Gasteiger partial charge in [-0.3, -0.25) is 19.8 Å². The molecular formula is C19H20N6O2. The number of fused-ring (bicyclic) bond motifs is 1. The van der Waals surface area contributed by atoms with Crippen molar-refractivity contribution in [3.8, 4) is 5.88 Å². The van der Waals surface area contributed by atoms with Gasteiger partial charge in [0.05, 0.1) is 35.8 Å². The fourth-order valence-corrected chi connectivity index (χ4v) is 3.36. The highest BCUT2D eigenvalue weighted by Gasteiger charge is 2.45. The second-order valence-electron chi connectivity index (χ2n) is 6.81. The van der Waals surface area contributed by atoms with Crippen LogP contribution in [0.3, 0.4) is 0 Å². The van der Waals surface area contributed by atoms with Crippen LogP contribution in [0.5, 0.6) is 5.88 Å². The highest BCUT2D eigenvalue weighted by atomic mass is 16.5. The van der Waals surface area contributed by atoms with Crippen LogP contribution in [0.4, 0.5) is 11.5 Å². The van der Waals surface area contributed by atoms with Gasteiger partial charge in [0.2, 0.25) is 5.88 Å². The first-order valence-electron chi connectivity index (χ1n) is 8.58. The van der Waals surface area contributed by atoms with Crippen LogP contribution in [0, 0.1) is 0 Å². The Labute approximate surface area is 156 Å². The Morgan fingerprint density at radius 1 is 1.26 bits per heavy atom. The summed E-state index contributed by atoms with van der Waals surface area (Å²) in [7, 11) is 1.57. The lowest BCUT2D eigenvalue weighted by Crippen LogP contribution is -2.39. The van der Waals surface area contributed by atoms with Crippen molar-refractivity contribution in [1.29, 1.82) is 0 Å². The molecule has 0 saturated heterocycles. The molecule has 1 aliphatic heterocycles. The van der Waals surface area contributed by atoms with Crippen molar-refractivity contribution < 1.29 is 9.53 Å². The molecule has 3 aromatic rings. The van der Waals surface area contributed by atoms with E-state index >= 15 is 0 Å². The molecule has 2 N–H and O–H groups in total. The first-order chi connectivity index (χ1) is 13.0. The molecule has 0 saturated carbocycles. The van der Waals surface area contributed by atoms with Crippen LogP contribution in [0.1, 0.15) is 35.5 Å². The fourth-order valence-electron chi connectivity index (χ4n) is 3.36. The van der Waals surface area contributed by atoms with E-state index < -0.39 is 5.54 Å². The maximum absolute atomic E-state index is 13.1. The van der Waals surface area contributed by atoms with Crippen molar-refractivity contribution in [3.05, 3.63) is 59.7 Å². The third-order valence-corrected chi connectivity index (χ3v) is 4.66. The average molecular weight is 364 g/mol. The first kappa shape index (κ1) is 17.0. The van der Waals surface area contributed by atoms with Crippen molar-refractivity contribution in [2.45, 2.75) is 25.9 Å².